The lowest BCUT2D eigenvalue weighted by atomic mass is 10.1. The van der Waals surface area contributed by atoms with Gasteiger partial charge in [0.2, 0.25) is 0 Å². The van der Waals surface area contributed by atoms with Crippen molar-refractivity contribution >= 4 is 5.91 Å². The Morgan fingerprint density at radius 2 is 2.29 bits per heavy atom. The first-order valence-corrected chi connectivity index (χ1v) is 4.01. The zero-order valence-electron chi connectivity index (χ0n) is 7.69. The van der Waals surface area contributed by atoms with Crippen LogP contribution in [0.4, 0.5) is 0 Å². The Hall–Kier alpha value is -1.47. The molecule has 0 aliphatic rings. The number of carbonyl (C=O) groups is 1. The molecule has 1 aromatic heterocycles. The van der Waals surface area contributed by atoms with Gasteiger partial charge in [-0.05, 0) is 6.92 Å². The van der Waals surface area contributed by atoms with Gasteiger partial charge in [0.1, 0.15) is 0 Å². The number of aromatic amines is 1. The summed E-state index contributed by atoms with van der Waals surface area (Å²) in [7, 11) is 0. The molecule has 1 amide bonds. The van der Waals surface area contributed by atoms with Gasteiger partial charge in [-0.3, -0.25) is 4.79 Å². The number of hydrogen-bond donors (Lipinski definition) is 4. The Labute approximate surface area is 80.1 Å². The monoisotopic (exact) mass is 200 g/mol. The second kappa shape index (κ2) is 4.16. The normalized spacial score (nSPS) is 11.4. The highest BCUT2D eigenvalue weighted by molar-refractivity contribution is 5.92. The molecule has 0 bridgehead atoms. The fourth-order valence-electron chi connectivity index (χ4n) is 0.778. The summed E-state index contributed by atoms with van der Waals surface area (Å²) in [4.78, 5) is 11.4. The number of aliphatic hydroxyl groups excluding tert-OH is 2. The van der Waals surface area contributed by atoms with Gasteiger partial charge in [0.05, 0.1) is 24.9 Å². The Kier molecular flexibility index (Phi) is 3.15. The number of aromatic nitrogens is 3. The molecule has 0 saturated heterocycles. The van der Waals surface area contributed by atoms with E-state index in [4.69, 9.17) is 10.2 Å². The minimum absolute atomic E-state index is 0.109. The first-order valence-electron chi connectivity index (χ1n) is 4.01. The molecule has 0 aliphatic heterocycles. The fraction of sp³-hybridized carbons (Fsp3) is 0.571. The van der Waals surface area contributed by atoms with Gasteiger partial charge in [0, 0.05) is 0 Å². The van der Waals surface area contributed by atoms with Crippen LogP contribution in [0, 0.1) is 0 Å². The lowest BCUT2D eigenvalue weighted by molar-refractivity contribution is 0.0719. The number of carbonyl (C=O) groups excluding carboxylic acids is 1. The molecule has 1 aromatic rings. The van der Waals surface area contributed by atoms with Crippen LogP contribution in [0.2, 0.25) is 0 Å². The molecule has 14 heavy (non-hydrogen) atoms. The van der Waals surface area contributed by atoms with Crippen molar-refractivity contribution in [3.05, 3.63) is 11.9 Å². The zero-order chi connectivity index (χ0) is 10.6. The molecule has 7 heteroatoms. The molecule has 0 aromatic carbocycles. The molecular formula is C7H12N4O3. The summed E-state index contributed by atoms with van der Waals surface area (Å²) >= 11 is 0. The molecule has 0 spiro atoms. The molecule has 7 nitrogen and oxygen atoms in total. The van der Waals surface area contributed by atoms with Gasteiger partial charge < -0.3 is 15.5 Å². The summed E-state index contributed by atoms with van der Waals surface area (Å²) in [5, 5.41) is 29.6. The van der Waals surface area contributed by atoms with E-state index in [2.05, 4.69) is 20.7 Å². The lowest BCUT2D eigenvalue weighted by Crippen LogP contribution is -2.51. The molecule has 0 radical (unpaired) electrons. The van der Waals surface area contributed by atoms with Crippen molar-refractivity contribution in [3.63, 3.8) is 0 Å². The molecule has 4 N–H and O–H groups in total. The van der Waals surface area contributed by atoms with Crippen LogP contribution in [0.3, 0.4) is 0 Å². The van der Waals surface area contributed by atoms with Gasteiger partial charge in [-0.2, -0.15) is 15.4 Å². The minimum atomic E-state index is -1.05. The van der Waals surface area contributed by atoms with Crippen molar-refractivity contribution in [2.24, 2.45) is 0 Å². The molecular weight excluding hydrogens is 188 g/mol. The molecule has 0 saturated carbocycles. The number of nitrogens with one attached hydrogen (secondary N) is 2. The second-order valence-corrected chi connectivity index (χ2v) is 3.19. The number of hydrogen-bond acceptors (Lipinski definition) is 5. The zero-order valence-corrected chi connectivity index (χ0v) is 7.69. The highest BCUT2D eigenvalue weighted by Gasteiger charge is 2.25. The van der Waals surface area contributed by atoms with E-state index in [0.29, 0.717) is 0 Å². The van der Waals surface area contributed by atoms with Crippen molar-refractivity contribution in [2.45, 2.75) is 12.5 Å². The first-order chi connectivity index (χ1) is 6.61. The molecule has 0 unspecified atom stereocenters. The van der Waals surface area contributed by atoms with Crippen molar-refractivity contribution in [1.82, 2.24) is 20.7 Å². The summed E-state index contributed by atoms with van der Waals surface area (Å²) in [5.74, 6) is -0.496. The van der Waals surface area contributed by atoms with Crippen LogP contribution in [0.25, 0.3) is 0 Å². The molecule has 1 heterocycles. The summed E-state index contributed by atoms with van der Waals surface area (Å²) in [6, 6.07) is 0. The predicted molar refractivity (Wildman–Crippen MR) is 46.4 cm³/mol. The highest BCUT2D eigenvalue weighted by Crippen LogP contribution is 2.02. The summed E-state index contributed by atoms with van der Waals surface area (Å²) in [5.41, 5.74) is -0.936. The number of H-pyrrole nitrogens is 1. The number of aliphatic hydroxyl groups is 2. The van der Waals surface area contributed by atoms with Crippen LogP contribution in [0.5, 0.6) is 0 Å². The van der Waals surface area contributed by atoms with E-state index < -0.39 is 11.4 Å². The smallest absolute Gasteiger partial charge is 0.274 e. The highest BCUT2D eigenvalue weighted by atomic mass is 16.3. The summed E-state index contributed by atoms with van der Waals surface area (Å²) in [6.45, 7) is 0.811. The van der Waals surface area contributed by atoms with Gasteiger partial charge in [0.25, 0.3) is 5.91 Å². The minimum Gasteiger partial charge on any atom is -0.394 e. The maximum Gasteiger partial charge on any atom is 0.274 e. The van der Waals surface area contributed by atoms with E-state index >= 15 is 0 Å². The van der Waals surface area contributed by atoms with E-state index in [1.807, 2.05) is 0 Å². The quantitative estimate of drug-likeness (QED) is 0.462. The Morgan fingerprint density at radius 3 is 2.71 bits per heavy atom. The van der Waals surface area contributed by atoms with E-state index in [0.717, 1.165) is 0 Å². The van der Waals surface area contributed by atoms with Crippen molar-refractivity contribution in [2.75, 3.05) is 13.2 Å². The summed E-state index contributed by atoms with van der Waals surface area (Å²) < 4.78 is 0. The Bertz CT molecular complexity index is 294. The van der Waals surface area contributed by atoms with Crippen molar-refractivity contribution in [1.29, 1.82) is 0 Å². The largest absolute Gasteiger partial charge is 0.394 e. The van der Waals surface area contributed by atoms with Crippen LogP contribution in [0.15, 0.2) is 6.20 Å². The third-order valence-electron chi connectivity index (χ3n) is 1.76. The van der Waals surface area contributed by atoms with E-state index in [-0.39, 0.29) is 18.9 Å². The number of rotatable bonds is 4. The van der Waals surface area contributed by atoms with Gasteiger partial charge in [0.15, 0.2) is 5.69 Å². The van der Waals surface area contributed by atoms with Gasteiger partial charge in [-0.15, -0.1) is 0 Å². The number of nitrogens with zero attached hydrogens (tertiary/aromatic N) is 2. The third kappa shape index (κ3) is 2.27. The average molecular weight is 200 g/mol. The Balaban J connectivity index is 2.65. The maximum absolute atomic E-state index is 11.4. The topological polar surface area (TPSA) is 111 Å². The van der Waals surface area contributed by atoms with E-state index in [9.17, 15) is 4.79 Å². The molecule has 78 valence electrons. The van der Waals surface area contributed by atoms with Crippen LogP contribution in [-0.4, -0.2) is 50.3 Å². The van der Waals surface area contributed by atoms with Gasteiger partial charge in [-0.1, -0.05) is 0 Å². The van der Waals surface area contributed by atoms with Crippen LogP contribution < -0.4 is 5.32 Å². The number of amides is 1. The Morgan fingerprint density at radius 1 is 1.64 bits per heavy atom. The van der Waals surface area contributed by atoms with Crippen LogP contribution in [0.1, 0.15) is 17.4 Å². The molecule has 0 atom stereocenters. The molecule has 1 rings (SSSR count). The summed E-state index contributed by atoms with van der Waals surface area (Å²) in [6.07, 6.45) is 1.25. The van der Waals surface area contributed by atoms with E-state index in [1.54, 1.807) is 0 Å². The molecule has 0 fully saturated rings. The van der Waals surface area contributed by atoms with Gasteiger partial charge in [-0.25, -0.2) is 0 Å². The standard InChI is InChI=1S/C7H12N4O3/c1-7(3-12,4-13)9-6(14)5-2-8-11-10-5/h2,12-13H,3-4H2,1H3,(H,9,14)(H,8,10,11). The maximum atomic E-state index is 11.4. The average Bonchev–Trinajstić information content (AvgIpc) is 2.70. The first kappa shape index (κ1) is 10.6. The SMILES string of the molecule is CC(CO)(CO)NC(=O)c1cn[nH]n1. The van der Waals surface area contributed by atoms with Gasteiger partial charge >= 0.3 is 0 Å². The molecule has 0 aliphatic carbocycles. The fourth-order valence-corrected chi connectivity index (χ4v) is 0.778. The lowest BCUT2D eigenvalue weighted by Gasteiger charge is -2.25. The predicted octanol–water partition coefficient (Wildman–Crippen LogP) is -1.72. The second-order valence-electron chi connectivity index (χ2n) is 3.19. The van der Waals surface area contributed by atoms with E-state index in [1.165, 1.54) is 13.1 Å². The van der Waals surface area contributed by atoms with Crippen molar-refractivity contribution < 1.29 is 15.0 Å². The third-order valence-corrected chi connectivity index (χ3v) is 1.76. The van der Waals surface area contributed by atoms with Crippen LogP contribution >= 0.6 is 0 Å². The van der Waals surface area contributed by atoms with Crippen LogP contribution in [-0.2, 0) is 0 Å². The van der Waals surface area contributed by atoms with Crippen molar-refractivity contribution in [3.8, 4) is 0 Å².